The van der Waals surface area contributed by atoms with Crippen molar-refractivity contribution in [3.63, 3.8) is 0 Å². The average Bonchev–Trinajstić information content (AvgIpc) is 2.16. The van der Waals surface area contributed by atoms with Crippen molar-refractivity contribution >= 4 is 11.1 Å². The minimum atomic E-state index is -0.308. The maximum Gasteiger partial charge on any atom is 0.336 e. The Bertz CT molecular complexity index is 487. The van der Waals surface area contributed by atoms with Crippen molar-refractivity contribution < 1.29 is 4.42 Å². The van der Waals surface area contributed by atoms with Gasteiger partial charge in [0.05, 0.1) is 0 Å². The second kappa shape index (κ2) is 3.01. The van der Waals surface area contributed by atoms with Crippen LogP contribution in [0.5, 0.6) is 0 Å². The Kier molecular flexibility index (Phi) is 1.85. The maximum atomic E-state index is 11.1. The summed E-state index contributed by atoms with van der Waals surface area (Å²) >= 11 is 0. The van der Waals surface area contributed by atoms with Crippen LogP contribution in [0, 0.1) is 0 Å². The molecule has 0 fully saturated rings. The minimum Gasteiger partial charge on any atom is -0.421 e. The summed E-state index contributed by atoms with van der Waals surface area (Å²) in [5.74, 6) is 0. The summed E-state index contributed by atoms with van der Waals surface area (Å²) in [7, 11) is 0. The first-order chi connectivity index (χ1) is 6.31. The van der Waals surface area contributed by atoms with Crippen molar-refractivity contribution in [1.82, 2.24) is 4.98 Å². The Morgan fingerprint density at radius 3 is 3.15 bits per heavy atom. The van der Waals surface area contributed by atoms with E-state index in [4.69, 9.17) is 4.42 Å². The second-order valence-corrected chi connectivity index (χ2v) is 2.79. The van der Waals surface area contributed by atoms with Crippen molar-refractivity contribution in [2.75, 3.05) is 0 Å². The molecule has 2 heterocycles. The molecule has 0 atom stereocenters. The van der Waals surface area contributed by atoms with Crippen LogP contribution in [0.1, 0.15) is 12.5 Å². The molecule has 0 unspecified atom stereocenters. The van der Waals surface area contributed by atoms with Crippen molar-refractivity contribution in [3.8, 4) is 0 Å². The van der Waals surface area contributed by atoms with Gasteiger partial charge in [0.15, 0.2) is 5.58 Å². The van der Waals surface area contributed by atoms with Crippen LogP contribution in [0.3, 0.4) is 0 Å². The number of nitrogens with zero attached hydrogens (tertiary/aromatic N) is 1. The lowest BCUT2D eigenvalue weighted by molar-refractivity contribution is 0.558. The standard InChI is InChI=1S/C10H9NO2/c1-2-7-6-9(12)13-8-4-3-5-11-10(7)8/h3-6H,2H2,1H3. The van der Waals surface area contributed by atoms with Gasteiger partial charge in [-0.3, -0.25) is 4.98 Å². The van der Waals surface area contributed by atoms with Crippen LogP contribution in [0.15, 0.2) is 33.6 Å². The summed E-state index contributed by atoms with van der Waals surface area (Å²) in [5, 5.41) is 0. The summed E-state index contributed by atoms with van der Waals surface area (Å²) in [5.41, 5.74) is 1.97. The first-order valence-electron chi connectivity index (χ1n) is 4.19. The first kappa shape index (κ1) is 7.98. The zero-order valence-electron chi connectivity index (χ0n) is 7.28. The molecule has 0 bridgehead atoms. The van der Waals surface area contributed by atoms with Gasteiger partial charge in [-0.05, 0) is 24.1 Å². The zero-order chi connectivity index (χ0) is 9.26. The van der Waals surface area contributed by atoms with E-state index in [1.165, 1.54) is 6.07 Å². The molecule has 2 aromatic heterocycles. The molecule has 0 spiro atoms. The van der Waals surface area contributed by atoms with Crippen molar-refractivity contribution in [1.29, 1.82) is 0 Å². The molecule has 2 rings (SSSR count). The van der Waals surface area contributed by atoms with Gasteiger partial charge in [-0.1, -0.05) is 6.92 Å². The SMILES string of the molecule is CCc1cc(=O)oc2cccnc12. The molecule has 0 radical (unpaired) electrons. The molecular weight excluding hydrogens is 166 g/mol. The summed E-state index contributed by atoms with van der Waals surface area (Å²) in [4.78, 5) is 15.2. The number of pyridine rings is 1. The lowest BCUT2D eigenvalue weighted by atomic mass is 10.2. The molecule has 0 aliphatic rings. The highest BCUT2D eigenvalue weighted by Crippen LogP contribution is 2.13. The van der Waals surface area contributed by atoms with Crippen LogP contribution in [-0.2, 0) is 6.42 Å². The molecule has 0 aliphatic carbocycles. The Balaban J connectivity index is 2.89. The van der Waals surface area contributed by atoms with Crippen LogP contribution in [0.25, 0.3) is 11.1 Å². The number of aromatic nitrogens is 1. The lowest BCUT2D eigenvalue weighted by Gasteiger charge is -1.99. The molecule has 66 valence electrons. The van der Waals surface area contributed by atoms with E-state index in [9.17, 15) is 4.79 Å². The van der Waals surface area contributed by atoms with Gasteiger partial charge in [0.1, 0.15) is 5.52 Å². The van der Waals surface area contributed by atoms with Gasteiger partial charge in [0, 0.05) is 12.3 Å². The topological polar surface area (TPSA) is 43.1 Å². The first-order valence-corrected chi connectivity index (χ1v) is 4.19. The highest BCUT2D eigenvalue weighted by molar-refractivity contribution is 5.74. The molecule has 3 heteroatoms. The predicted octanol–water partition coefficient (Wildman–Crippen LogP) is 1.75. The van der Waals surface area contributed by atoms with Gasteiger partial charge >= 0.3 is 5.63 Å². The monoisotopic (exact) mass is 175 g/mol. The van der Waals surface area contributed by atoms with Gasteiger partial charge in [-0.2, -0.15) is 0 Å². The Morgan fingerprint density at radius 2 is 2.38 bits per heavy atom. The second-order valence-electron chi connectivity index (χ2n) is 2.79. The third kappa shape index (κ3) is 1.33. The number of hydrogen-bond donors (Lipinski definition) is 0. The van der Waals surface area contributed by atoms with Gasteiger partial charge < -0.3 is 4.42 Å². The molecule has 13 heavy (non-hydrogen) atoms. The Labute approximate surface area is 75.0 Å². The van der Waals surface area contributed by atoms with E-state index in [0.717, 1.165) is 17.5 Å². The molecule has 0 aliphatic heterocycles. The van der Waals surface area contributed by atoms with Crippen LogP contribution >= 0.6 is 0 Å². The zero-order valence-corrected chi connectivity index (χ0v) is 7.28. The number of fused-ring (bicyclic) bond motifs is 1. The lowest BCUT2D eigenvalue weighted by Crippen LogP contribution is -2.00. The molecule has 3 nitrogen and oxygen atoms in total. The van der Waals surface area contributed by atoms with Crippen LogP contribution < -0.4 is 5.63 Å². The van der Waals surface area contributed by atoms with E-state index < -0.39 is 0 Å². The third-order valence-electron chi connectivity index (χ3n) is 1.96. The Hall–Kier alpha value is -1.64. The molecule has 0 N–H and O–H groups in total. The third-order valence-corrected chi connectivity index (χ3v) is 1.96. The smallest absolute Gasteiger partial charge is 0.336 e. The van der Waals surface area contributed by atoms with E-state index in [1.807, 2.05) is 6.92 Å². The molecular formula is C10H9NO2. The van der Waals surface area contributed by atoms with Gasteiger partial charge in [0.25, 0.3) is 0 Å². The van der Waals surface area contributed by atoms with E-state index in [-0.39, 0.29) is 5.63 Å². The predicted molar refractivity (Wildman–Crippen MR) is 49.7 cm³/mol. The molecule has 0 aromatic carbocycles. The minimum absolute atomic E-state index is 0.308. The van der Waals surface area contributed by atoms with Gasteiger partial charge in [-0.15, -0.1) is 0 Å². The fraction of sp³-hybridized carbons (Fsp3) is 0.200. The molecule has 0 saturated heterocycles. The average molecular weight is 175 g/mol. The van der Waals surface area contributed by atoms with E-state index in [1.54, 1.807) is 18.3 Å². The molecule has 0 saturated carbocycles. The summed E-state index contributed by atoms with van der Waals surface area (Å²) in [6.07, 6.45) is 2.49. The van der Waals surface area contributed by atoms with Crippen molar-refractivity contribution in [3.05, 3.63) is 40.4 Å². The molecule has 2 aromatic rings. The normalized spacial score (nSPS) is 10.5. The van der Waals surface area contributed by atoms with Gasteiger partial charge in [0.2, 0.25) is 0 Å². The van der Waals surface area contributed by atoms with Gasteiger partial charge in [-0.25, -0.2) is 4.79 Å². The summed E-state index contributed by atoms with van der Waals surface area (Å²) in [6, 6.07) is 5.00. The number of aryl methyl sites for hydroxylation is 1. The van der Waals surface area contributed by atoms with Crippen molar-refractivity contribution in [2.24, 2.45) is 0 Å². The van der Waals surface area contributed by atoms with Crippen LogP contribution in [0.2, 0.25) is 0 Å². The van der Waals surface area contributed by atoms with E-state index in [0.29, 0.717) is 5.58 Å². The number of hydrogen-bond acceptors (Lipinski definition) is 3. The number of rotatable bonds is 1. The highest BCUT2D eigenvalue weighted by atomic mass is 16.4. The largest absolute Gasteiger partial charge is 0.421 e. The summed E-state index contributed by atoms with van der Waals surface area (Å²) in [6.45, 7) is 1.99. The van der Waals surface area contributed by atoms with Crippen LogP contribution in [-0.4, -0.2) is 4.98 Å². The molecule has 0 amide bonds. The Morgan fingerprint density at radius 1 is 1.54 bits per heavy atom. The van der Waals surface area contributed by atoms with Crippen LogP contribution in [0.4, 0.5) is 0 Å². The quantitative estimate of drug-likeness (QED) is 0.663. The van der Waals surface area contributed by atoms with E-state index >= 15 is 0 Å². The highest BCUT2D eigenvalue weighted by Gasteiger charge is 2.03. The fourth-order valence-electron chi connectivity index (χ4n) is 1.33. The summed E-state index contributed by atoms with van der Waals surface area (Å²) < 4.78 is 4.99. The van der Waals surface area contributed by atoms with Crippen molar-refractivity contribution in [2.45, 2.75) is 13.3 Å². The maximum absolute atomic E-state index is 11.1. The van der Waals surface area contributed by atoms with E-state index in [2.05, 4.69) is 4.98 Å². The fourth-order valence-corrected chi connectivity index (χ4v) is 1.33.